The van der Waals surface area contributed by atoms with Crippen molar-refractivity contribution in [2.75, 3.05) is 12.4 Å². The highest BCUT2D eigenvalue weighted by Crippen LogP contribution is 2.41. The fraction of sp³-hybridized carbons (Fsp3) is 0.273. The van der Waals surface area contributed by atoms with Crippen LogP contribution < -0.4 is 16.2 Å². The molecule has 0 aliphatic carbocycles. The van der Waals surface area contributed by atoms with Crippen molar-refractivity contribution in [1.82, 2.24) is 19.3 Å². The number of ether oxygens (including phenoxy) is 1. The second-order valence-corrected chi connectivity index (χ2v) is 11.3. The number of hydrogen-bond donors (Lipinski definition) is 2. The van der Waals surface area contributed by atoms with Gasteiger partial charge >= 0.3 is 18.3 Å². The van der Waals surface area contributed by atoms with E-state index in [1.807, 2.05) is 5.32 Å². The predicted molar refractivity (Wildman–Crippen MR) is 165 cm³/mol. The molecule has 51 heavy (non-hydrogen) atoms. The molecule has 9 nitrogen and oxygen atoms in total. The van der Waals surface area contributed by atoms with Crippen molar-refractivity contribution in [3.8, 4) is 11.1 Å². The average molecular weight is 728 g/mol. The molecule has 2 aromatic carbocycles. The zero-order chi connectivity index (χ0) is 37.6. The number of imidazole rings is 1. The lowest BCUT2D eigenvalue weighted by atomic mass is 9.96. The maximum atomic E-state index is 15.0. The van der Waals surface area contributed by atoms with E-state index >= 15 is 0 Å². The molecular weight excluding hydrogens is 701 g/mol. The van der Waals surface area contributed by atoms with Crippen LogP contribution in [0.2, 0.25) is 0 Å². The van der Waals surface area contributed by atoms with E-state index in [1.54, 1.807) is 0 Å². The minimum absolute atomic E-state index is 0.0948. The number of halogens is 9. The number of rotatable bonds is 9. The van der Waals surface area contributed by atoms with E-state index in [0.717, 1.165) is 29.9 Å². The minimum Gasteiger partial charge on any atom is -0.467 e. The summed E-state index contributed by atoms with van der Waals surface area (Å²) in [6.07, 6.45) is -8.39. The Labute approximate surface area is 281 Å². The molecule has 270 valence electrons. The number of carbonyl (C=O) groups excluding carboxylic acids is 2. The molecule has 2 atom stereocenters. The first-order valence-electron chi connectivity index (χ1n) is 14.9. The van der Waals surface area contributed by atoms with Gasteiger partial charge in [-0.25, -0.2) is 22.9 Å². The summed E-state index contributed by atoms with van der Waals surface area (Å²) in [5.74, 6) is -6.66. The molecule has 0 bridgehead atoms. The van der Waals surface area contributed by atoms with Crippen LogP contribution in [0.5, 0.6) is 0 Å². The number of amides is 1. The van der Waals surface area contributed by atoms with Crippen molar-refractivity contribution in [3.05, 3.63) is 99.5 Å². The van der Waals surface area contributed by atoms with E-state index in [-0.39, 0.29) is 22.4 Å². The van der Waals surface area contributed by atoms with Crippen LogP contribution in [0.15, 0.2) is 59.7 Å². The third-order valence-electron chi connectivity index (χ3n) is 8.16. The van der Waals surface area contributed by atoms with Crippen LogP contribution in [0.1, 0.15) is 35.0 Å². The van der Waals surface area contributed by atoms with Crippen molar-refractivity contribution in [2.45, 2.75) is 44.2 Å². The maximum Gasteiger partial charge on any atom is 0.417 e. The van der Waals surface area contributed by atoms with Crippen LogP contribution in [0.4, 0.5) is 45.2 Å². The molecular formula is C33H26F9N5O4. The Kier molecular flexibility index (Phi) is 9.82. The Hall–Kier alpha value is -5.55. The number of hydrogen-bond acceptors (Lipinski definition) is 6. The van der Waals surface area contributed by atoms with Crippen LogP contribution in [0.3, 0.4) is 0 Å². The molecule has 0 radical (unpaired) electrons. The third kappa shape index (κ3) is 7.07. The number of nitrogens with zero attached hydrogens (tertiary/aromatic N) is 3. The molecule has 5 rings (SSSR count). The number of benzene rings is 2. The smallest absolute Gasteiger partial charge is 0.417 e. The van der Waals surface area contributed by atoms with Gasteiger partial charge in [-0.3, -0.25) is 9.59 Å². The Morgan fingerprint density at radius 3 is 2.24 bits per heavy atom. The second-order valence-electron chi connectivity index (χ2n) is 11.3. The average Bonchev–Trinajstić information content (AvgIpc) is 3.54. The number of fused-ring (bicyclic) bond motifs is 2. The molecule has 3 heterocycles. The van der Waals surface area contributed by atoms with Crippen LogP contribution in [-0.4, -0.2) is 51.2 Å². The first-order valence-corrected chi connectivity index (χ1v) is 14.9. The number of alkyl halides is 6. The monoisotopic (exact) mass is 727 g/mol. The molecule has 3 aromatic heterocycles. The van der Waals surface area contributed by atoms with E-state index in [1.165, 1.54) is 36.8 Å². The number of pyridine rings is 2. The highest BCUT2D eigenvalue weighted by Gasteiger charge is 2.40. The molecule has 0 saturated carbocycles. The Bertz CT molecular complexity index is 2200. The maximum absolute atomic E-state index is 15.0. The highest BCUT2D eigenvalue weighted by molar-refractivity contribution is 5.98. The Morgan fingerprint density at radius 2 is 1.65 bits per heavy atom. The van der Waals surface area contributed by atoms with Crippen LogP contribution in [-0.2, 0) is 29.2 Å². The number of esters is 1. The summed E-state index contributed by atoms with van der Waals surface area (Å²) >= 11 is 0. The lowest BCUT2D eigenvalue weighted by molar-refractivity contribution is -0.143. The molecule has 0 unspecified atom stereocenters. The van der Waals surface area contributed by atoms with Crippen molar-refractivity contribution in [2.24, 2.45) is 7.05 Å². The lowest BCUT2D eigenvalue weighted by Gasteiger charge is -2.22. The molecule has 1 amide bonds. The van der Waals surface area contributed by atoms with Gasteiger partial charge in [0.1, 0.15) is 40.7 Å². The molecule has 18 heteroatoms. The summed E-state index contributed by atoms with van der Waals surface area (Å²) < 4.78 is 134. The van der Waals surface area contributed by atoms with Gasteiger partial charge in [-0.1, -0.05) is 6.92 Å². The number of methoxy groups -OCH3 is 1. The van der Waals surface area contributed by atoms with Gasteiger partial charge in [0, 0.05) is 48.2 Å². The SMILES string of the molecule is CC[C@@H](Nc1cc(F)c(C(=O)N[C@@H](Cc2ccc(-c3c(C(F)(F)F)c4cc(F)ccc4n(C)c3=O)c3nccn23)C(=O)OC)c(F)c1)C(F)(F)F. The minimum atomic E-state index is -5.13. The lowest BCUT2D eigenvalue weighted by Crippen LogP contribution is -2.44. The first-order chi connectivity index (χ1) is 23.9. The number of aryl methyl sites for hydroxylation is 1. The van der Waals surface area contributed by atoms with E-state index in [0.29, 0.717) is 18.2 Å². The largest absolute Gasteiger partial charge is 0.467 e. The van der Waals surface area contributed by atoms with Crippen molar-refractivity contribution in [3.63, 3.8) is 0 Å². The fourth-order valence-corrected chi connectivity index (χ4v) is 5.76. The van der Waals surface area contributed by atoms with Gasteiger partial charge in [0.25, 0.3) is 11.5 Å². The van der Waals surface area contributed by atoms with E-state index in [2.05, 4.69) is 10.3 Å². The van der Waals surface area contributed by atoms with Crippen LogP contribution >= 0.6 is 0 Å². The van der Waals surface area contributed by atoms with Crippen molar-refractivity contribution < 1.29 is 53.8 Å². The van der Waals surface area contributed by atoms with Gasteiger partial charge in [0.2, 0.25) is 0 Å². The quantitative estimate of drug-likeness (QED) is 0.132. The zero-order valence-electron chi connectivity index (χ0n) is 26.6. The van der Waals surface area contributed by atoms with E-state index in [9.17, 15) is 53.9 Å². The Balaban J connectivity index is 1.53. The molecule has 0 fully saturated rings. The molecule has 5 aromatic rings. The molecule has 2 N–H and O–H groups in total. The van der Waals surface area contributed by atoms with Crippen LogP contribution in [0.25, 0.3) is 27.7 Å². The van der Waals surface area contributed by atoms with E-state index < -0.39 is 99.9 Å². The van der Waals surface area contributed by atoms with Gasteiger partial charge < -0.3 is 24.3 Å². The molecule has 0 aliphatic heterocycles. The van der Waals surface area contributed by atoms with Gasteiger partial charge in [-0.15, -0.1) is 0 Å². The van der Waals surface area contributed by atoms with Gasteiger partial charge in [-0.05, 0) is 48.9 Å². The van der Waals surface area contributed by atoms with Gasteiger partial charge in [-0.2, -0.15) is 26.3 Å². The fourth-order valence-electron chi connectivity index (χ4n) is 5.76. The first kappa shape index (κ1) is 36.7. The summed E-state index contributed by atoms with van der Waals surface area (Å²) in [7, 11) is 2.16. The van der Waals surface area contributed by atoms with Gasteiger partial charge in [0.15, 0.2) is 0 Å². The van der Waals surface area contributed by atoms with Crippen molar-refractivity contribution >= 4 is 34.1 Å². The molecule has 0 aliphatic rings. The topological polar surface area (TPSA) is 107 Å². The van der Waals surface area contributed by atoms with Crippen LogP contribution in [0, 0.1) is 17.5 Å². The summed E-state index contributed by atoms with van der Waals surface area (Å²) in [6.45, 7) is 1.20. The molecule has 0 saturated heterocycles. The standard InChI is InChI=1S/C33H26F9N5O4/c1-4-24(32(37,38)39)44-16-12-20(35)26(21(36)13-16)29(48)45-22(31(50)51-3)14-17-6-7-18(28-43-9-10-47(17)28)25-27(33(40,41)42)19-11-15(34)5-8-23(19)46(2)30(25)49/h5-13,22,24,44H,4,14H2,1-3H3,(H,45,48)/t22-,24+/m0/s1. The normalized spacial score (nSPS) is 13.3. The highest BCUT2D eigenvalue weighted by atomic mass is 19.4. The molecule has 0 spiro atoms. The zero-order valence-corrected chi connectivity index (χ0v) is 26.6. The summed E-state index contributed by atoms with van der Waals surface area (Å²) in [5, 5.41) is 3.49. The van der Waals surface area contributed by atoms with Gasteiger partial charge in [0.05, 0.1) is 23.8 Å². The summed E-state index contributed by atoms with van der Waals surface area (Å²) in [6, 6.07) is 2.08. The Morgan fingerprint density at radius 1 is 0.980 bits per heavy atom. The van der Waals surface area contributed by atoms with Crippen molar-refractivity contribution in [1.29, 1.82) is 0 Å². The number of carbonyl (C=O) groups is 2. The summed E-state index contributed by atoms with van der Waals surface area (Å²) in [4.78, 5) is 43.3. The second kappa shape index (κ2) is 13.6. The predicted octanol–water partition coefficient (Wildman–Crippen LogP) is 6.56. The number of aromatic nitrogens is 3. The van der Waals surface area contributed by atoms with E-state index in [4.69, 9.17) is 4.74 Å². The summed E-state index contributed by atoms with van der Waals surface area (Å²) in [5.41, 5.74) is -5.75. The third-order valence-corrected chi connectivity index (χ3v) is 8.16. The number of anilines is 1. The number of nitrogens with one attached hydrogen (secondary N) is 2.